The molecule has 3 nitrogen and oxygen atoms in total. The van der Waals surface area contributed by atoms with E-state index in [0.29, 0.717) is 5.25 Å². The van der Waals surface area contributed by atoms with Gasteiger partial charge < -0.3 is 10.4 Å². The predicted molar refractivity (Wildman–Crippen MR) is 55.2 cm³/mol. The Morgan fingerprint density at radius 3 is 3.00 bits per heavy atom. The smallest absolute Gasteiger partial charge is 0.320 e. The number of unbranched alkanes of at least 4 members (excludes halogenated alkanes) is 1. The normalized spacial score (nSPS) is 27.8. The van der Waals surface area contributed by atoms with E-state index in [4.69, 9.17) is 5.11 Å². The van der Waals surface area contributed by atoms with Crippen LogP contribution in [0.5, 0.6) is 0 Å². The van der Waals surface area contributed by atoms with Crippen molar-refractivity contribution in [2.45, 2.75) is 37.5 Å². The van der Waals surface area contributed by atoms with Gasteiger partial charge in [0.05, 0.1) is 0 Å². The van der Waals surface area contributed by atoms with Crippen LogP contribution in [0.4, 0.5) is 0 Å². The minimum atomic E-state index is -0.710. The minimum Gasteiger partial charge on any atom is -0.480 e. The Morgan fingerprint density at radius 2 is 2.46 bits per heavy atom. The summed E-state index contributed by atoms with van der Waals surface area (Å²) in [4.78, 5) is 10.6. The number of hydrogen-bond donors (Lipinski definition) is 2. The van der Waals surface area contributed by atoms with Crippen LogP contribution < -0.4 is 5.32 Å². The summed E-state index contributed by atoms with van der Waals surface area (Å²) >= 11 is 1.90. The number of rotatable bonds is 5. The van der Waals surface area contributed by atoms with E-state index in [1.54, 1.807) is 0 Å². The van der Waals surface area contributed by atoms with Gasteiger partial charge in [0.15, 0.2) is 0 Å². The van der Waals surface area contributed by atoms with E-state index >= 15 is 0 Å². The molecule has 2 unspecified atom stereocenters. The molecule has 0 radical (unpaired) electrons. The topological polar surface area (TPSA) is 49.3 Å². The summed E-state index contributed by atoms with van der Waals surface area (Å²) < 4.78 is 0. The van der Waals surface area contributed by atoms with Crippen LogP contribution in [0.1, 0.15) is 26.2 Å². The van der Waals surface area contributed by atoms with Crippen LogP contribution in [0, 0.1) is 0 Å². The van der Waals surface area contributed by atoms with Crippen molar-refractivity contribution in [1.29, 1.82) is 0 Å². The van der Waals surface area contributed by atoms with Crippen molar-refractivity contribution in [3.8, 4) is 0 Å². The molecule has 0 amide bonds. The first-order chi connectivity index (χ1) is 6.24. The summed E-state index contributed by atoms with van der Waals surface area (Å²) in [6, 6.07) is -0.306. The molecule has 76 valence electrons. The molecule has 0 spiro atoms. The lowest BCUT2D eigenvalue weighted by Gasteiger charge is -2.06. The van der Waals surface area contributed by atoms with Crippen LogP contribution in [0.25, 0.3) is 0 Å². The summed E-state index contributed by atoms with van der Waals surface area (Å²) in [7, 11) is 0. The highest BCUT2D eigenvalue weighted by Gasteiger charge is 2.28. The molecule has 2 atom stereocenters. The standard InChI is InChI=1S/C9H17NO2S/c1-2-3-4-13-7-5-8(9(11)12)10-6-7/h7-8,10H,2-6H2,1H3,(H,11,12). The van der Waals surface area contributed by atoms with Gasteiger partial charge in [0.2, 0.25) is 0 Å². The van der Waals surface area contributed by atoms with Gasteiger partial charge in [-0.05, 0) is 18.6 Å². The highest BCUT2D eigenvalue weighted by Crippen LogP contribution is 2.22. The Bertz CT molecular complexity index is 175. The average Bonchev–Trinajstić information content (AvgIpc) is 2.53. The lowest BCUT2D eigenvalue weighted by atomic mass is 10.2. The number of carbonyl (C=O) groups is 1. The van der Waals surface area contributed by atoms with Gasteiger partial charge in [-0.1, -0.05) is 13.3 Å². The lowest BCUT2D eigenvalue weighted by molar-refractivity contribution is -0.139. The van der Waals surface area contributed by atoms with Crippen molar-refractivity contribution in [2.75, 3.05) is 12.3 Å². The molecule has 0 aromatic rings. The molecule has 1 aliphatic rings. The summed E-state index contributed by atoms with van der Waals surface area (Å²) in [5, 5.41) is 12.3. The first-order valence-corrected chi connectivity index (χ1v) is 5.86. The quantitative estimate of drug-likeness (QED) is 0.662. The molecule has 0 bridgehead atoms. The maximum atomic E-state index is 10.6. The van der Waals surface area contributed by atoms with Crippen molar-refractivity contribution in [1.82, 2.24) is 5.32 Å². The van der Waals surface area contributed by atoms with Crippen LogP contribution in [-0.2, 0) is 4.79 Å². The van der Waals surface area contributed by atoms with Crippen molar-refractivity contribution in [3.63, 3.8) is 0 Å². The molecule has 0 saturated carbocycles. The Balaban J connectivity index is 2.14. The van der Waals surface area contributed by atoms with E-state index in [1.165, 1.54) is 12.8 Å². The molecule has 0 aliphatic carbocycles. The number of carboxylic acid groups (broad SMARTS) is 1. The number of thioether (sulfide) groups is 1. The van der Waals surface area contributed by atoms with Gasteiger partial charge in [-0.25, -0.2) is 0 Å². The third-order valence-corrected chi connectivity index (χ3v) is 3.59. The first kappa shape index (κ1) is 10.9. The number of aliphatic carboxylic acids is 1. The zero-order valence-electron chi connectivity index (χ0n) is 7.95. The van der Waals surface area contributed by atoms with Crippen molar-refractivity contribution in [2.24, 2.45) is 0 Å². The van der Waals surface area contributed by atoms with Gasteiger partial charge in [-0.3, -0.25) is 4.79 Å². The Kier molecular flexibility index (Phi) is 4.59. The van der Waals surface area contributed by atoms with E-state index in [0.717, 1.165) is 18.7 Å². The number of carboxylic acids is 1. The largest absolute Gasteiger partial charge is 0.480 e. The minimum absolute atomic E-state index is 0.306. The van der Waals surface area contributed by atoms with Crippen LogP contribution in [0.15, 0.2) is 0 Å². The molecule has 1 saturated heterocycles. The molecule has 1 heterocycles. The molecule has 1 fully saturated rings. The van der Waals surface area contributed by atoms with Gasteiger partial charge in [0.1, 0.15) is 6.04 Å². The maximum Gasteiger partial charge on any atom is 0.320 e. The summed E-state index contributed by atoms with van der Waals surface area (Å²) in [6.45, 7) is 3.03. The van der Waals surface area contributed by atoms with Crippen LogP contribution in [-0.4, -0.2) is 34.7 Å². The maximum absolute atomic E-state index is 10.6. The highest BCUT2D eigenvalue weighted by atomic mass is 32.2. The summed E-state index contributed by atoms with van der Waals surface area (Å²) in [6.07, 6.45) is 3.23. The second kappa shape index (κ2) is 5.50. The first-order valence-electron chi connectivity index (χ1n) is 4.81. The predicted octanol–water partition coefficient (Wildman–Crippen LogP) is 1.33. The van der Waals surface area contributed by atoms with E-state index in [1.807, 2.05) is 11.8 Å². The zero-order valence-corrected chi connectivity index (χ0v) is 8.77. The zero-order chi connectivity index (χ0) is 9.68. The molecule has 4 heteroatoms. The third kappa shape index (κ3) is 3.56. The fraction of sp³-hybridized carbons (Fsp3) is 0.889. The third-order valence-electron chi connectivity index (χ3n) is 2.24. The second-order valence-electron chi connectivity index (χ2n) is 3.38. The average molecular weight is 203 g/mol. The van der Waals surface area contributed by atoms with Gasteiger partial charge in [-0.2, -0.15) is 11.8 Å². The van der Waals surface area contributed by atoms with Gasteiger partial charge >= 0.3 is 5.97 Å². The fourth-order valence-corrected chi connectivity index (χ4v) is 2.74. The molecule has 1 aliphatic heterocycles. The number of nitrogens with one attached hydrogen (secondary N) is 1. The van der Waals surface area contributed by atoms with Crippen LogP contribution >= 0.6 is 11.8 Å². The Labute approximate surface area is 83.3 Å². The summed E-state index contributed by atoms with van der Waals surface area (Å²) in [5.41, 5.74) is 0. The molecule has 0 aromatic heterocycles. The fourth-order valence-electron chi connectivity index (χ4n) is 1.41. The highest BCUT2D eigenvalue weighted by molar-refractivity contribution is 7.99. The van der Waals surface area contributed by atoms with Gasteiger partial charge in [0.25, 0.3) is 0 Å². The summed E-state index contributed by atoms with van der Waals surface area (Å²) in [5.74, 6) is 0.452. The monoisotopic (exact) mass is 203 g/mol. The molecule has 13 heavy (non-hydrogen) atoms. The van der Waals surface area contributed by atoms with Crippen LogP contribution in [0.2, 0.25) is 0 Å². The van der Waals surface area contributed by atoms with Gasteiger partial charge in [0, 0.05) is 11.8 Å². The Morgan fingerprint density at radius 1 is 1.69 bits per heavy atom. The van der Waals surface area contributed by atoms with E-state index in [-0.39, 0.29) is 6.04 Å². The Hall–Kier alpha value is -0.220. The lowest BCUT2D eigenvalue weighted by Crippen LogP contribution is -2.29. The van der Waals surface area contributed by atoms with Crippen LogP contribution in [0.3, 0.4) is 0 Å². The second-order valence-corrected chi connectivity index (χ2v) is 4.79. The van der Waals surface area contributed by atoms with E-state index in [9.17, 15) is 4.79 Å². The molecule has 1 rings (SSSR count). The van der Waals surface area contributed by atoms with E-state index in [2.05, 4.69) is 12.2 Å². The SMILES string of the molecule is CCCCSC1CNC(C(=O)O)C1. The van der Waals surface area contributed by atoms with Crippen molar-refractivity contribution >= 4 is 17.7 Å². The molecular formula is C9H17NO2S. The molecule has 2 N–H and O–H groups in total. The van der Waals surface area contributed by atoms with Gasteiger partial charge in [-0.15, -0.1) is 0 Å². The van der Waals surface area contributed by atoms with Crippen molar-refractivity contribution in [3.05, 3.63) is 0 Å². The molecular weight excluding hydrogens is 186 g/mol. The molecule has 0 aromatic carbocycles. The number of hydrogen-bond acceptors (Lipinski definition) is 3. The van der Waals surface area contributed by atoms with Crippen molar-refractivity contribution < 1.29 is 9.90 Å². The van der Waals surface area contributed by atoms with E-state index < -0.39 is 5.97 Å².